The number of rotatable bonds is 3. The maximum Gasteiger partial charge on any atom is 0.270 e. The van der Waals surface area contributed by atoms with E-state index in [9.17, 15) is 8.78 Å². The van der Waals surface area contributed by atoms with E-state index in [1.165, 1.54) is 12.1 Å². The summed E-state index contributed by atoms with van der Waals surface area (Å²) in [5.74, 6) is -2.50. The first-order valence-electron chi connectivity index (χ1n) is 5.90. The van der Waals surface area contributed by atoms with Crippen molar-refractivity contribution in [1.29, 1.82) is 0 Å². The maximum atomic E-state index is 13.3. The Bertz CT molecular complexity index is 539. The molecule has 0 amide bonds. The zero-order valence-corrected chi connectivity index (χ0v) is 10.7. The maximum absolute atomic E-state index is 13.3. The molecule has 0 fully saturated rings. The second-order valence-corrected chi connectivity index (χ2v) is 4.80. The molecule has 2 rings (SSSR count). The van der Waals surface area contributed by atoms with Crippen LogP contribution in [0.4, 0.5) is 8.78 Å². The van der Waals surface area contributed by atoms with E-state index in [1.807, 2.05) is 20.0 Å². The molecule has 0 saturated carbocycles. The smallest absolute Gasteiger partial charge is 0.270 e. The molecule has 2 aromatic rings. The highest BCUT2D eigenvalue weighted by Crippen LogP contribution is 2.28. The number of nitrogens with zero attached hydrogens (tertiary/aromatic N) is 2. The number of hydrogen-bond acceptors (Lipinski definition) is 1. The molecular formula is C14H16F2N2. The predicted molar refractivity (Wildman–Crippen MR) is 67.2 cm³/mol. The number of alkyl halides is 2. The molecule has 96 valence electrons. The summed E-state index contributed by atoms with van der Waals surface area (Å²) >= 11 is 0. The number of aromatic nitrogens is 2. The summed E-state index contributed by atoms with van der Waals surface area (Å²) in [4.78, 5) is 4.26. The van der Waals surface area contributed by atoms with Gasteiger partial charge in [-0.3, -0.25) is 0 Å². The Balaban J connectivity index is 2.38. The van der Waals surface area contributed by atoms with Crippen LogP contribution in [-0.2, 0) is 5.92 Å². The summed E-state index contributed by atoms with van der Waals surface area (Å²) in [5, 5.41) is 0. The van der Waals surface area contributed by atoms with Gasteiger partial charge in [0.15, 0.2) is 0 Å². The Morgan fingerprint density at radius 3 is 2.56 bits per heavy atom. The zero-order valence-electron chi connectivity index (χ0n) is 10.7. The van der Waals surface area contributed by atoms with Crippen molar-refractivity contribution in [2.24, 2.45) is 0 Å². The molecule has 2 nitrogen and oxygen atoms in total. The van der Waals surface area contributed by atoms with Crippen molar-refractivity contribution in [3.8, 4) is 5.69 Å². The van der Waals surface area contributed by atoms with E-state index >= 15 is 0 Å². The first kappa shape index (κ1) is 12.7. The summed E-state index contributed by atoms with van der Waals surface area (Å²) in [5.41, 5.74) is 1.66. The van der Waals surface area contributed by atoms with Crippen LogP contribution in [0.15, 0.2) is 36.8 Å². The molecule has 1 aromatic carbocycles. The largest absolute Gasteiger partial charge is 0.306 e. The minimum atomic E-state index is -2.82. The first-order valence-corrected chi connectivity index (χ1v) is 5.90. The summed E-state index contributed by atoms with van der Waals surface area (Å²) in [6.07, 6.45) is 3.53. The van der Waals surface area contributed by atoms with Gasteiger partial charge in [-0.15, -0.1) is 0 Å². The quantitative estimate of drug-likeness (QED) is 0.801. The van der Waals surface area contributed by atoms with Gasteiger partial charge in [0.2, 0.25) is 0 Å². The third-order valence-corrected chi connectivity index (χ3v) is 2.85. The molecule has 0 unspecified atom stereocenters. The van der Waals surface area contributed by atoms with Gasteiger partial charge in [0.1, 0.15) is 0 Å². The van der Waals surface area contributed by atoms with Gasteiger partial charge in [0, 0.05) is 24.4 Å². The normalized spacial score (nSPS) is 12.1. The van der Waals surface area contributed by atoms with E-state index in [0.29, 0.717) is 11.6 Å². The van der Waals surface area contributed by atoms with Crippen LogP contribution in [0.25, 0.3) is 5.69 Å². The van der Waals surface area contributed by atoms with Crippen LogP contribution in [0, 0.1) is 0 Å². The van der Waals surface area contributed by atoms with E-state index in [0.717, 1.165) is 12.6 Å². The van der Waals surface area contributed by atoms with Crippen molar-refractivity contribution < 1.29 is 8.78 Å². The SMILES string of the molecule is CC(C)c1cn(-c2cccc(C(C)(F)F)c2)cn1. The van der Waals surface area contributed by atoms with E-state index in [4.69, 9.17) is 0 Å². The topological polar surface area (TPSA) is 17.8 Å². The lowest BCUT2D eigenvalue weighted by Crippen LogP contribution is -2.07. The molecule has 18 heavy (non-hydrogen) atoms. The lowest BCUT2D eigenvalue weighted by atomic mass is 10.1. The molecular weight excluding hydrogens is 234 g/mol. The molecule has 0 atom stereocenters. The Morgan fingerprint density at radius 2 is 2.00 bits per heavy atom. The monoisotopic (exact) mass is 250 g/mol. The van der Waals surface area contributed by atoms with Crippen molar-refractivity contribution in [3.05, 3.63) is 48.0 Å². The van der Waals surface area contributed by atoms with Crippen LogP contribution >= 0.6 is 0 Å². The Labute approximate surface area is 105 Å². The van der Waals surface area contributed by atoms with Crippen molar-refractivity contribution in [2.45, 2.75) is 32.6 Å². The molecule has 1 heterocycles. The van der Waals surface area contributed by atoms with Gasteiger partial charge >= 0.3 is 0 Å². The number of benzene rings is 1. The third kappa shape index (κ3) is 2.58. The molecule has 0 saturated heterocycles. The predicted octanol–water partition coefficient (Wildman–Crippen LogP) is 4.11. The van der Waals surface area contributed by atoms with Crippen LogP contribution in [-0.4, -0.2) is 9.55 Å². The minimum absolute atomic E-state index is 0.0137. The average Bonchev–Trinajstić information content (AvgIpc) is 2.77. The Morgan fingerprint density at radius 1 is 1.28 bits per heavy atom. The fourth-order valence-electron chi connectivity index (χ4n) is 1.72. The summed E-state index contributed by atoms with van der Waals surface area (Å²) in [6, 6.07) is 6.35. The highest BCUT2D eigenvalue weighted by Gasteiger charge is 2.24. The summed E-state index contributed by atoms with van der Waals surface area (Å²) in [7, 11) is 0. The van der Waals surface area contributed by atoms with Gasteiger partial charge in [-0.2, -0.15) is 0 Å². The molecule has 0 spiro atoms. The van der Waals surface area contributed by atoms with Crippen LogP contribution in [0.5, 0.6) is 0 Å². The second kappa shape index (κ2) is 4.52. The number of hydrogen-bond donors (Lipinski definition) is 0. The van der Waals surface area contributed by atoms with Gasteiger partial charge in [-0.05, 0) is 18.1 Å². The van der Waals surface area contributed by atoms with Gasteiger partial charge in [0.25, 0.3) is 5.92 Å². The minimum Gasteiger partial charge on any atom is -0.306 e. The molecule has 0 bridgehead atoms. The van der Waals surface area contributed by atoms with Gasteiger partial charge in [0.05, 0.1) is 12.0 Å². The van der Waals surface area contributed by atoms with Crippen molar-refractivity contribution in [3.63, 3.8) is 0 Å². The molecule has 1 aromatic heterocycles. The highest BCUT2D eigenvalue weighted by atomic mass is 19.3. The standard InChI is InChI=1S/C14H16F2N2/c1-10(2)13-8-18(9-17-13)12-6-4-5-11(7-12)14(3,15)16/h4-10H,1-3H3. The van der Waals surface area contributed by atoms with Crippen molar-refractivity contribution in [2.75, 3.05) is 0 Å². The van der Waals surface area contributed by atoms with Crippen LogP contribution in [0.2, 0.25) is 0 Å². The van der Waals surface area contributed by atoms with Gasteiger partial charge in [-0.1, -0.05) is 26.0 Å². The van der Waals surface area contributed by atoms with E-state index in [-0.39, 0.29) is 5.56 Å². The van der Waals surface area contributed by atoms with Crippen molar-refractivity contribution >= 4 is 0 Å². The lowest BCUT2D eigenvalue weighted by Gasteiger charge is -2.12. The molecule has 0 aliphatic rings. The first-order chi connectivity index (χ1) is 8.38. The Kier molecular flexibility index (Phi) is 3.20. The summed E-state index contributed by atoms with van der Waals surface area (Å²) < 4.78 is 28.3. The van der Waals surface area contributed by atoms with Crippen LogP contribution in [0.3, 0.4) is 0 Å². The molecule has 0 radical (unpaired) electrons. The number of imidazole rings is 1. The fourth-order valence-corrected chi connectivity index (χ4v) is 1.72. The highest BCUT2D eigenvalue weighted by molar-refractivity contribution is 5.38. The van der Waals surface area contributed by atoms with E-state index in [2.05, 4.69) is 4.98 Å². The van der Waals surface area contributed by atoms with Crippen LogP contribution < -0.4 is 0 Å². The molecule has 4 heteroatoms. The Hall–Kier alpha value is -1.71. The third-order valence-electron chi connectivity index (χ3n) is 2.85. The number of halogens is 2. The van der Waals surface area contributed by atoms with Crippen LogP contribution in [0.1, 0.15) is 37.9 Å². The van der Waals surface area contributed by atoms with Gasteiger partial charge in [-0.25, -0.2) is 13.8 Å². The molecule has 0 aliphatic carbocycles. The summed E-state index contributed by atoms with van der Waals surface area (Å²) in [6.45, 7) is 4.99. The van der Waals surface area contributed by atoms with E-state index < -0.39 is 5.92 Å². The lowest BCUT2D eigenvalue weighted by molar-refractivity contribution is 0.0174. The second-order valence-electron chi connectivity index (χ2n) is 4.80. The molecule has 0 N–H and O–H groups in total. The van der Waals surface area contributed by atoms with E-state index in [1.54, 1.807) is 23.0 Å². The van der Waals surface area contributed by atoms with Crippen molar-refractivity contribution in [1.82, 2.24) is 9.55 Å². The average molecular weight is 250 g/mol. The molecule has 0 aliphatic heterocycles. The zero-order chi connectivity index (χ0) is 13.3. The van der Waals surface area contributed by atoms with Gasteiger partial charge < -0.3 is 4.57 Å². The fraction of sp³-hybridized carbons (Fsp3) is 0.357.